The van der Waals surface area contributed by atoms with Gasteiger partial charge in [-0.25, -0.2) is 9.97 Å². The molecule has 0 saturated carbocycles. The summed E-state index contributed by atoms with van der Waals surface area (Å²) in [5.74, 6) is 0.678. The molecule has 0 amide bonds. The van der Waals surface area contributed by atoms with E-state index in [4.69, 9.17) is 14.4 Å². The molecule has 1 aliphatic carbocycles. The fourth-order valence-electron chi connectivity index (χ4n) is 9.91. The highest BCUT2D eigenvalue weighted by Gasteiger charge is 2.46. The van der Waals surface area contributed by atoms with Gasteiger partial charge in [0.25, 0.3) is 0 Å². The maximum absolute atomic E-state index is 6.57. The van der Waals surface area contributed by atoms with Crippen molar-refractivity contribution >= 4 is 21.9 Å². The summed E-state index contributed by atoms with van der Waals surface area (Å²) in [6, 6.07) is 82.1. The normalized spacial score (nSPS) is 12.6. The first-order valence-electron chi connectivity index (χ1n) is 21.2. The predicted molar refractivity (Wildman–Crippen MR) is 254 cm³/mol. The van der Waals surface area contributed by atoms with Gasteiger partial charge >= 0.3 is 0 Å². The van der Waals surface area contributed by atoms with Crippen molar-refractivity contribution in [2.45, 2.75) is 5.41 Å². The third kappa shape index (κ3) is 5.59. The van der Waals surface area contributed by atoms with Gasteiger partial charge in [0, 0.05) is 33.0 Å². The highest BCUT2D eigenvalue weighted by atomic mass is 16.3. The Labute approximate surface area is 360 Å². The number of hydrogen-bond acceptors (Lipinski definition) is 3. The molecular formula is C59H38N2O. The topological polar surface area (TPSA) is 38.9 Å². The number of para-hydroxylation sites is 2. The van der Waals surface area contributed by atoms with Crippen LogP contribution >= 0.6 is 0 Å². The fourth-order valence-corrected chi connectivity index (χ4v) is 9.91. The molecule has 62 heavy (non-hydrogen) atoms. The van der Waals surface area contributed by atoms with Crippen molar-refractivity contribution in [3.63, 3.8) is 0 Å². The summed E-state index contributed by atoms with van der Waals surface area (Å²) < 4.78 is 6.57. The highest BCUT2D eigenvalue weighted by Crippen LogP contribution is 2.56. The summed E-state index contributed by atoms with van der Waals surface area (Å²) in [5.41, 5.74) is 17.8. The fraction of sp³-hybridized carbons (Fsp3) is 0.0169. The van der Waals surface area contributed by atoms with Crippen LogP contribution in [0.4, 0.5) is 0 Å². The first-order chi connectivity index (χ1) is 30.8. The Morgan fingerprint density at radius 2 is 0.839 bits per heavy atom. The number of hydrogen-bond donors (Lipinski definition) is 0. The molecule has 0 atom stereocenters. The number of fused-ring (bicyclic) bond motifs is 6. The molecule has 0 bridgehead atoms. The van der Waals surface area contributed by atoms with E-state index in [2.05, 4.69) is 200 Å². The molecule has 3 heteroatoms. The van der Waals surface area contributed by atoms with Crippen LogP contribution in [-0.4, -0.2) is 9.97 Å². The van der Waals surface area contributed by atoms with Gasteiger partial charge in [-0.15, -0.1) is 0 Å². The SMILES string of the molecule is c1ccc(-c2nc(-c3ccc4c(c3)-c3ccccc3C4(c3ccccc3)c3ccccc3)cc(-c3ccccc3-c3ccccc3-c3cccc4c3oc3ccccc34)n2)cc1. The Morgan fingerprint density at radius 1 is 0.323 bits per heavy atom. The molecule has 0 aliphatic heterocycles. The second-order valence-corrected chi connectivity index (χ2v) is 16.0. The minimum Gasteiger partial charge on any atom is -0.455 e. The van der Waals surface area contributed by atoms with Gasteiger partial charge in [0.15, 0.2) is 5.82 Å². The van der Waals surface area contributed by atoms with Crippen LogP contribution in [-0.2, 0) is 5.41 Å². The average Bonchev–Trinajstić information content (AvgIpc) is 3.89. The lowest BCUT2D eigenvalue weighted by Crippen LogP contribution is -2.28. The Balaban J connectivity index is 1.05. The van der Waals surface area contributed by atoms with Gasteiger partial charge in [-0.2, -0.15) is 0 Å². The van der Waals surface area contributed by atoms with E-state index in [1.165, 1.54) is 33.4 Å². The van der Waals surface area contributed by atoms with Crippen molar-refractivity contribution in [3.8, 4) is 67.3 Å². The van der Waals surface area contributed by atoms with E-state index >= 15 is 0 Å². The monoisotopic (exact) mass is 790 g/mol. The first kappa shape index (κ1) is 35.8. The summed E-state index contributed by atoms with van der Waals surface area (Å²) in [7, 11) is 0. The number of benzene rings is 9. The molecule has 1 aliphatic rings. The quantitative estimate of drug-likeness (QED) is 0.161. The second-order valence-electron chi connectivity index (χ2n) is 16.0. The molecular weight excluding hydrogens is 753 g/mol. The van der Waals surface area contributed by atoms with Gasteiger partial charge in [0.1, 0.15) is 11.2 Å². The number of furan rings is 1. The van der Waals surface area contributed by atoms with E-state index in [9.17, 15) is 0 Å². The zero-order chi connectivity index (χ0) is 41.0. The van der Waals surface area contributed by atoms with E-state index < -0.39 is 5.41 Å². The first-order valence-corrected chi connectivity index (χ1v) is 21.2. The van der Waals surface area contributed by atoms with Crippen molar-refractivity contribution in [2.24, 2.45) is 0 Å². The van der Waals surface area contributed by atoms with E-state index in [-0.39, 0.29) is 0 Å². The van der Waals surface area contributed by atoms with Gasteiger partial charge in [0.2, 0.25) is 0 Å². The van der Waals surface area contributed by atoms with E-state index in [1.807, 2.05) is 30.3 Å². The minimum absolute atomic E-state index is 0.474. The molecule has 11 aromatic rings. The highest BCUT2D eigenvalue weighted by molar-refractivity contribution is 6.11. The number of aromatic nitrogens is 2. The van der Waals surface area contributed by atoms with Gasteiger partial charge in [-0.3, -0.25) is 0 Å². The Morgan fingerprint density at radius 3 is 1.56 bits per heavy atom. The molecule has 0 N–H and O–H groups in total. The lowest BCUT2D eigenvalue weighted by molar-refractivity contribution is 0.670. The minimum atomic E-state index is -0.474. The molecule has 2 aromatic heterocycles. The average molecular weight is 791 g/mol. The van der Waals surface area contributed by atoms with E-state index in [0.717, 1.165) is 72.3 Å². The predicted octanol–water partition coefficient (Wildman–Crippen LogP) is 15.1. The van der Waals surface area contributed by atoms with Crippen molar-refractivity contribution in [1.29, 1.82) is 0 Å². The maximum atomic E-state index is 6.57. The van der Waals surface area contributed by atoms with Crippen LogP contribution in [0, 0.1) is 0 Å². The molecule has 0 spiro atoms. The van der Waals surface area contributed by atoms with Crippen molar-refractivity contribution < 1.29 is 4.42 Å². The summed E-state index contributed by atoms with van der Waals surface area (Å²) in [6.45, 7) is 0. The molecule has 3 nitrogen and oxygen atoms in total. The number of nitrogens with zero attached hydrogens (tertiary/aromatic N) is 2. The van der Waals surface area contributed by atoms with Crippen LogP contribution in [0.5, 0.6) is 0 Å². The number of rotatable bonds is 7. The standard InChI is InChI=1S/C59H38N2O/c1-4-19-39(20-5-1)58-60-54(40-35-36-53-51(37-40)46-28-14-16-33-52(46)59(53,41-21-6-2-7-22-41)42-23-8-3-9-24-42)38-55(61-58)47-29-13-12-26-44(47)43-25-10-11-27-45(43)49-31-18-32-50-48-30-15-17-34-56(48)62-57(49)50/h1-38H. The third-order valence-electron chi connectivity index (χ3n) is 12.6. The van der Waals surface area contributed by atoms with Crippen molar-refractivity contribution in [3.05, 3.63) is 253 Å². The summed E-state index contributed by atoms with van der Waals surface area (Å²) in [6.07, 6.45) is 0. The Kier molecular flexibility index (Phi) is 8.39. The van der Waals surface area contributed by atoms with Crippen LogP contribution in [0.15, 0.2) is 235 Å². The van der Waals surface area contributed by atoms with Crippen molar-refractivity contribution in [2.75, 3.05) is 0 Å². The molecule has 0 saturated heterocycles. The molecule has 12 rings (SSSR count). The van der Waals surface area contributed by atoms with Crippen LogP contribution in [0.1, 0.15) is 22.3 Å². The van der Waals surface area contributed by atoms with Crippen LogP contribution in [0.25, 0.3) is 89.2 Å². The molecule has 9 aromatic carbocycles. The van der Waals surface area contributed by atoms with Gasteiger partial charge in [-0.05, 0) is 68.3 Å². The van der Waals surface area contributed by atoms with Gasteiger partial charge < -0.3 is 4.42 Å². The zero-order valence-electron chi connectivity index (χ0n) is 33.7. The lowest BCUT2D eigenvalue weighted by atomic mass is 9.67. The van der Waals surface area contributed by atoms with Gasteiger partial charge in [0.05, 0.1) is 16.8 Å². The lowest BCUT2D eigenvalue weighted by Gasteiger charge is -2.33. The molecule has 2 heterocycles. The molecule has 290 valence electrons. The largest absolute Gasteiger partial charge is 0.455 e. The van der Waals surface area contributed by atoms with Gasteiger partial charge in [-0.1, -0.05) is 212 Å². The second kappa shape index (κ2) is 14.5. The summed E-state index contributed by atoms with van der Waals surface area (Å²) >= 11 is 0. The van der Waals surface area contributed by atoms with Crippen LogP contribution < -0.4 is 0 Å². The van der Waals surface area contributed by atoms with E-state index in [0.29, 0.717) is 5.82 Å². The molecule has 0 radical (unpaired) electrons. The Bertz CT molecular complexity index is 3420. The summed E-state index contributed by atoms with van der Waals surface area (Å²) in [5, 5.41) is 2.22. The summed E-state index contributed by atoms with van der Waals surface area (Å²) in [4.78, 5) is 10.7. The molecule has 0 fully saturated rings. The Hall–Kier alpha value is -8.14. The van der Waals surface area contributed by atoms with Crippen molar-refractivity contribution in [1.82, 2.24) is 9.97 Å². The maximum Gasteiger partial charge on any atom is 0.160 e. The van der Waals surface area contributed by atoms with Crippen LogP contribution in [0.2, 0.25) is 0 Å². The molecule has 0 unspecified atom stereocenters. The van der Waals surface area contributed by atoms with E-state index in [1.54, 1.807) is 0 Å². The zero-order valence-corrected chi connectivity index (χ0v) is 33.7. The van der Waals surface area contributed by atoms with Crippen LogP contribution in [0.3, 0.4) is 0 Å². The third-order valence-corrected chi connectivity index (χ3v) is 12.6. The smallest absolute Gasteiger partial charge is 0.160 e.